The van der Waals surface area contributed by atoms with Crippen LogP contribution in [-0.2, 0) is 35.9 Å². The molecule has 3 aromatic rings. The Balaban J connectivity index is 0. The maximum atomic E-state index is 10.2. The summed E-state index contributed by atoms with van der Waals surface area (Å²) in [6, 6.07) is 32.3. The molecule has 0 saturated heterocycles. The van der Waals surface area contributed by atoms with Crippen LogP contribution in [0.5, 0.6) is 0 Å². The van der Waals surface area contributed by atoms with Crippen LogP contribution in [0.25, 0.3) is 0 Å². The monoisotopic (exact) mass is 486 g/mol. The van der Waals surface area contributed by atoms with Gasteiger partial charge >= 0.3 is 28.6 Å². The van der Waals surface area contributed by atoms with Crippen molar-refractivity contribution in [2.75, 3.05) is 7.11 Å². The molecule has 164 valence electrons. The third-order valence-electron chi connectivity index (χ3n) is 3.61. The smallest absolute Gasteiger partial charge is 0.309 e. The second-order valence-corrected chi connectivity index (χ2v) is 7.68. The first kappa shape index (κ1) is 31.7. The third kappa shape index (κ3) is 12.4. The van der Waals surface area contributed by atoms with Crippen LogP contribution in [0.3, 0.4) is 0 Å². The zero-order valence-corrected chi connectivity index (χ0v) is 19.5. The van der Waals surface area contributed by atoms with Crippen LogP contribution < -0.4 is 15.9 Å². The fourth-order valence-electron chi connectivity index (χ4n) is 2.39. The summed E-state index contributed by atoms with van der Waals surface area (Å²) in [5, 5.41) is 4.19. The molecular formula is C26H23FeO4P. The fraction of sp³-hybridized carbons (Fsp3) is 0.0385. The number of methoxy groups -OCH3 is 1. The maximum absolute atomic E-state index is 10.2. The Morgan fingerprint density at radius 1 is 0.781 bits per heavy atom. The minimum absolute atomic E-state index is 0. The number of hydrogen-bond acceptors (Lipinski definition) is 2. The summed E-state index contributed by atoms with van der Waals surface area (Å²) < 4.78 is 19.3. The molecular weight excluding hydrogens is 463 g/mol. The van der Waals surface area contributed by atoms with Crippen LogP contribution in [0, 0.1) is 39.5 Å². The molecule has 0 saturated carbocycles. The summed E-state index contributed by atoms with van der Waals surface area (Å²) >= 11 is 0. The van der Waals surface area contributed by atoms with Crippen molar-refractivity contribution in [3.05, 3.63) is 130 Å². The number of carbonyl (C=O) groups excluding carboxylic acids is 1. The van der Waals surface area contributed by atoms with Crippen molar-refractivity contribution in [3.8, 4) is 0 Å². The molecule has 3 rings (SSSR count). The number of rotatable bonds is 6. The summed E-state index contributed by atoms with van der Waals surface area (Å²) in [5.41, 5.74) is 0. The van der Waals surface area contributed by atoms with Gasteiger partial charge in [0.25, 0.3) is 0 Å². The maximum Gasteiger partial charge on any atom is 0.309 e. The van der Waals surface area contributed by atoms with Crippen molar-refractivity contribution < 1.29 is 35.9 Å². The van der Waals surface area contributed by atoms with Crippen LogP contribution in [0.2, 0.25) is 0 Å². The molecule has 0 heterocycles. The van der Waals surface area contributed by atoms with E-state index in [4.69, 9.17) is 9.30 Å². The van der Waals surface area contributed by atoms with Gasteiger partial charge in [-0.25, -0.2) is 0 Å². The predicted molar refractivity (Wildman–Crippen MR) is 123 cm³/mol. The molecule has 6 heteroatoms. The molecule has 0 amide bonds. The summed E-state index contributed by atoms with van der Waals surface area (Å²) in [5.74, 6) is -0.357. The summed E-state index contributed by atoms with van der Waals surface area (Å²) in [4.78, 5) is 10.2. The quantitative estimate of drug-likeness (QED) is 0.174. The first-order chi connectivity index (χ1) is 15.3. The minimum Gasteiger partial charge on any atom is -0.469 e. The average Bonchev–Trinajstić information content (AvgIpc) is 2.87. The van der Waals surface area contributed by atoms with E-state index in [2.05, 4.69) is 116 Å². The second kappa shape index (κ2) is 21.8. The van der Waals surface area contributed by atoms with E-state index >= 15 is 0 Å². The molecule has 32 heavy (non-hydrogen) atoms. The topological polar surface area (TPSA) is 66.1 Å². The van der Waals surface area contributed by atoms with E-state index in [0.717, 1.165) is 0 Å². The average molecular weight is 486 g/mol. The van der Waals surface area contributed by atoms with Crippen LogP contribution in [-0.4, -0.2) is 13.1 Å². The van der Waals surface area contributed by atoms with Crippen LogP contribution in [0.1, 0.15) is 0 Å². The second-order valence-electron chi connectivity index (χ2n) is 5.46. The van der Waals surface area contributed by atoms with Crippen molar-refractivity contribution in [3.63, 3.8) is 0 Å². The number of carbonyl (C=O) groups is 1. The summed E-state index contributed by atoms with van der Waals surface area (Å²) in [7, 11) is 0.883. The molecule has 0 fully saturated rings. The summed E-state index contributed by atoms with van der Waals surface area (Å²) in [6.07, 6.45) is 4.33. The van der Waals surface area contributed by atoms with Gasteiger partial charge in [-0.05, 0) is 43.6 Å². The SMILES string of the molecule is [C-]#[O+].[C-]#[O+].[CH2][CH][CH][CH]C(=O)OC.[Fe].c1ccc(P(c2ccccc2)c2ccccc2)cc1. The van der Waals surface area contributed by atoms with Crippen molar-refractivity contribution in [1.82, 2.24) is 0 Å². The van der Waals surface area contributed by atoms with Gasteiger partial charge in [0.05, 0.1) is 13.5 Å². The van der Waals surface area contributed by atoms with E-state index in [9.17, 15) is 4.79 Å². The Morgan fingerprint density at radius 3 is 1.34 bits per heavy atom. The largest absolute Gasteiger partial charge is 0.469 e. The van der Waals surface area contributed by atoms with Crippen LogP contribution >= 0.6 is 7.92 Å². The number of unbranched alkanes of at least 4 members (excludes halogenated alkanes) is 1. The molecule has 0 aliphatic carbocycles. The first-order valence-corrected chi connectivity index (χ1v) is 10.3. The predicted octanol–water partition coefficient (Wildman–Crippen LogP) is 3.97. The Hall–Kier alpha value is -2.44. The fourth-order valence-corrected chi connectivity index (χ4v) is 4.70. The molecule has 0 aliphatic rings. The number of hydrogen-bond donors (Lipinski definition) is 0. The van der Waals surface area contributed by atoms with Gasteiger partial charge in [0.1, 0.15) is 0 Å². The number of ether oxygens (including phenoxy) is 1. The molecule has 4 radical (unpaired) electrons. The molecule has 0 aliphatic heterocycles. The van der Waals surface area contributed by atoms with E-state index in [-0.39, 0.29) is 23.0 Å². The van der Waals surface area contributed by atoms with E-state index in [1.54, 1.807) is 0 Å². The van der Waals surface area contributed by atoms with Crippen LogP contribution in [0.4, 0.5) is 0 Å². The van der Waals surface area contributed by atoms with Crippen molar-refractivity contribution >= 4 is 29.8 Å². The number of benzene rings is 3. The van der Waals surface area contributed by atoms with E-state index in [1.807, 2.05) is 0 Å². The molecule has 0 spiro atoms. The molecule has 0 bridgehead atoms. The Morgan fingerprint density at radius 2 is 1.09 bits per heavy atom. The van der Waals surface area contributed by atoms with E-state index in [0.29, 0.717) is 0 Å². The zero-order valence-electron chi connectivity index (χ0n) is 17.5. The van der Waals surface area contributed by atoms with Gasteiger partial charge in [-0.15, -0.1) is 0 Å². The van der Waals surface area contributed by atoms with Gasteiger partial charge in [-0.1, -0.05) is 91.0 Å². The van der Waals surface area contributed by atoms with Gasteiger partial charge in [0.15, 0.2) is 0 Å². The summed E-state index contributed by atoms with van der Waals surface area (Å²) in [6.45, 7) is 12.4. The normalized spacial score (nSPS) is 8.59. The molecule has 0 N–H and O–H groups in total. The molecule has 3 aromatic carbocycles. The van der Waals surface area contributed by atoms with E-state index in [1.165, 1.54) is 42.3 Å². The zero-order chi connectivity index (χ0) is 23.3. The van der Waals surface area contributed by atoms with Crippen LogP contribution in [0.15, 0.2) is 91.0 Å². The van der Waals surface area contributed by atoms with Crippen molar-refractivity contribution in [2.24, 2.45) is 0 Å². The standard InChI is InChI=1S/C18H15P.C6H8O2.2CO.Fe/c1-4-10-16(11-5-1)19(17-12-6-2-7-13-17)18-14-8-3-9-15-18;1-3-4-5-6(7)8-2;2*1-2;/h1-15H;3-5H,1H2,2H3;;;. The Bertz CT molecular complexity index is 769. The molecule has 0 atom stereocenters. The molecule has 4 nitrogen and oxygen atoms in total. The van der Waals surface area contributed by atoms with Gasteiger partial charge < -0.3 is 4.74 Å². The van der Waals surface area contributed by atoms with Crippen molar-refractivity contribution in [1.29, 1.82) is 0 Å². The third-order valence-corrected chi connectivity index (χ3v) is 6.06. The Kier molecular flexibility index (Phi) is 21.6. The van der Waals surface area contributed by atoms with Crippen molar-refractivity contribution in [2.45, 2.75) is 0 Å². The van der Waals surface area contributed by atoms with Gasteiger partial charge in [0.2, 0.25) is 0 Å². The Labute approximate surface area is 203 Å². The molecule has 0 aromatic heterocycles. The van der Waals surface area contributed by atoms with Gasteiger partial charge in [0, 0.05) is 17.1 Å². The van der Waals surface area contributed by atoms with Gasteiger partial charge in [-0.3, -0.25) is 4.79 Å². The molecule has 0 unspecified atom stereocenters. The first-order valence-electron chi connectivity index (χ1n) is 8.99. The minimum atomic E-state index is -0.446. The van der Waals surface area contributed by atoms with Gasteiger partial charge in [-0.2, -0.15) is 0 Å². The van der Waals surface area contributed by atoms with E-state index < -0.39 is 7.92 Å². The number of esters is 1.